The summed E-state index contributed by atoms with van der Waals surface area (Å²) in [6.45, 7) is 11.8. The quantitative estimate of drug-likeness (QED) is 0.853. The topological polar surface area (TPSA) is 41.6 Å². The molecule has 2 unspecified atom stereocenters. The van der Waals surface area contributed by atoms with Crippen LogP contribution in [0.4, 0.5) is 4.79 Å². The molecular weight excluding hydrogens is 240 g/mol. The molecular formula is C15H30N2O2. The Hall–Kier alpha value is -0.770. The molecule has 4 nitrogen and oxygen atoms in total. The third kappa shape index (κ3) is 5.81. The molecule has 1 rings (SSSR count). The Morgan fingerprint density at radius 2 is 2.11 bits per heavy atom. The summed E-state index contributed by atoms with van der Waals surface area (Å²) in [6.07, 6.45) is 4.30. The summed E-state index contributed by atoms with van der Waals surface area (Å²) in [5.74, 6) is 0. The van der Waals surface area contributed by atoms with E-state index in [4.69, 9.17) is 4.74 Å². The van der Waals surface area contributed by atoms with Crippen LogP contribution in [0.5, 0.6) is 0 Å². The first-order chi connectivity index (χ1) is 8.83. The molecule has 1 heterocycles. The highest BCUT2D eigenvalue weighted by Crippen LogP contribution is 2.20. The van der Waals surface area contributed by atoms with Gasteiger partial charge in [-0.05, 0) is 53.4 Å². The smallest absolute Gasteiger partial charge is 0.410 e. The van der Waals surface area contributed by atoms with Crippen LogP contribution >= 0.6 is 0 Å². The van der Waals surface area contributed by atoms with Crippen LogP contribution in [-0.2, 0) is 4.74 Å². The number of piperidine rings is 1. The van der Waals surface area contributed by atoms with E-state index < -0.39 is 5.60 Å². The lowest BCUT2D eigenvalue weighted by Gasteiger charge is -2.37. The van der Waals surface area contributed by atoms with Gasteiger partial charge in [0, 0.05) is 25.2 Å². The largest absolute Gasteiger partial charge is 0.444 e. The number of carbonyl (C=O) groups excluding carboxylic acids is 1. The van der Waals surface area contributed by atoms with Gasteiger partial charge in [-0.2, -0.15) is 0 Å². The summed E-state index contributed by atoms with van der Waals surface area (Å²) in [4.78, 5) is 14.1. The molecule has 0 bridgehead atoms. The van der Waals surface area contributed by atoms with Crippen LogP contribution in [0.3, 0.4) is 0 Å². The Labute approximate surface area is 117 Å². The number of hydrogen-bond donors (Lipinski definition) is 1. The van der Waals surface area contributed by atoms with Gasteiger partial charge in [-0.15, -0.1) is 0 Å². The first-order valence-corrected chi connectivity index (χ1v) is 7.56. The maximum Gasteiger partial charge on any atom is 0.410 e. The van der Waals surface area contributed by atoms with Crippen molar-refractivity contribution in [1.29, 1.82) is 0 Å². The van der Waals surface area contributed by atoms with Gasteiger partial charge in [0.25, 0.3) is 0 Å². The summed E-state index contributed by atoms with van der Waals surface area (Å²) in [5, 5.41) is 3.50. The Kier molecular flexibility index (Phi) is 6.11. The van der Waals surface area contributed by atoms with Crippen molar-refractivity contribution >= 4 is 6.09 Å². The average molecular weight is 270 g/mol. The second-order valence-corrected chi connectivity index (χ2v) is 6.54. The third-order valence-electron chi connectivity index (χ3n) is 3.57. The molecule has 2 atom stereocenters. The van der Waals surface area contributed by atoms with Gasteiger partial charge in [0.15, 0.2) is 0 Å². The van der Waals surface area contributed by atoms with E-state index in [0.717, 1.165) is 32.4 Å². The number of carbonyl (C=O) groups is 1. The lowest BCUT2D eigenvalue weighted by molar-refractivity contribution is 0.00970. The van der Waals surface area contributed by atoms with E-state index in [-0.39, 0.29) is 12.1 Å². The van der Waals surface area contributed by atoms with Crippen LogP contribution in [0.25, 0.3) is 0 Å². The molecule has 0 aromatic heterocycles. The number of rotatable bonds is 4. The zero-order valence-corrected chi connectivity index (χ0v) is 13.2. The number of hydrogen-bond acceptors (Lipinski definition) is 3. The highest BCUT2D eigenvalue weighted by molar-refractivity contribution is 5.68. The number of nitrogens with zero attached hydrogens (tertiary/aromatic N) is 1. The summed E-state index contributed by atoms with van der Waals surface area (Å²) < 4.78 is 5.50. The fourth-order valence-electron chi connectivity index (χ4n) is 2.26. The molecule has 112 valence electrons. The van der Waals surface area contributed by atoms with E-state index in [1.807, 2.05) is 25.7 Å². The molecule has 1 N–H and O–H groups in total. The van der Waals surface area contributed by atoms with Gasteiger partial charge >= 0.3 is 6.09 Å². The molecule has 1 fully saturated rings. The van der Waals surface area contributed by atoms with Crippen molar-refractivity contribution in [3.63, 3.8) is 0 Å². The van der Waals surface area contributed by atoms with Gasteiger partial charge in [0.1, 0.15) is 5.60 Å². The van der Waals surface area contributed by atoms with E-state index >= 15 is 0 Å². The predicted octanol–water partition coefficient (Wildman–Crippen LogP) is 3.16. The molecule has 0 spiro atoms. The Balaban J connectivity index is 2.54. The molecule has 19 heavy (non-hydrogen) atoms. The van der Waals surface area contributed by atoms with Crippen LogP contribution < -0.4 is 5.32 Å². The van der Waals surface area contributed by atoms with Crippen LogP contribution in [0.15, 0.2) is 0 Å². The first kappa shape index (κ1) is 16.3. The molecule has 0 aromatic rings. The van der Waals surface area contributed by atoms with Crippen LogP contribution in [-0.4, -0.2) is 41.8 Å². The zero-order valence-electron chi connectivity index (χ0n) is 13.2. The number of nitrogens with one attached hydrogen (secondary N) is 1. The van der Waals surface area contributed by atoms with Gasteiger partial charge in [0.05, 0.1) is 0 Å². The number of ether oxygens (including phenoxy) is 1. The van der Waals surface area contributed by atoms with Gasteiger partial charge < -0.3 is 15.0 Å². The second-order valence-electron chi connectivity index (χ2n) is 6.54. The van der Waals surface area contributed by atoms with Crippen molar-refractivity contribution in [2.75, 3.05) is 13.1 Å². The lowest BCUT2D eigenvalue weighted by Crippen LogP contribution is -2.51. The normalized spacial score (nSPS) is 22.2. The summed E-state index contributed by atoms with van der Waals surface area (Å²) in [7, 11) is 0. The molecule has 4 heteroatoms. The molecule has 0 radical (unpaired) electrons. The van der Waals surface area contributed by atoms with Gasteiger partial charge in [-0.25, -0.2) is 4.79 Å². The predicted molar refractivity (Wildman–Crippen MR) is 78.3 cm³/mol. The highest BCUT2D eigenvalue weighted by atomic mass is 16.6. The summed E-state index contributed by atoms with van der Waals surface area (Å²) in [6, 6.07) is 0.778. The monoisotopic (exact) mass is 270 g/mol. The number of likely N-dealkylation sites (tertiary alicyclic amines) is 1. The third-order valence-corrected chi connectivity index (χ3v) is 3.57. The van der Waals surface area contributed by atoms with E-state index in [9.17, 15) is 4.79 Å². The minimum absolute atomic E-state index is 0.164. The van der Waals surface area contributed by atoms with Crippen molar-refractivity contribution < 1.29 is 9.53 Å². The SMILES string of the molecule is CCC(C)NCC1CCCCN1C(=O)OC(C)(C)C. The first-order valence-electron chi connectivity index (χ1n) is 7.56. The fraction of sp³-hybridized carbons (Fsp3) is 0.933. The maximum atomic E-state index is 12.2. The molecule has 1 aliphatic heterocycles. The summed E-state index contributed by atoms with van der Waals surface area (Å²) >= 11 is 0. The van der Waals surface area contributed by atoms with Crippen LogP contribution in [0, 0.1) is 0 Å². The summed E-state index contributed by atoms with van der Waals surface area (Å²) in [5.41, 5.74) is -0.413. The van der Waals surface area contributed by atoms with Crippen molar-refractivity contribution in [3.8, 4) is 0 Å². The zero-order chi connectivity index (χ0) is 14.5. The molecule has 1 amide bonds. The standard InChI is InChI=1S/C15H30N2O2/c1-6-12(2)16-11-13-9-7-8-10-17(13)14(18)19-15(3,4)5/h12-13,16H,6-11H2,1-5H3. The lowest BCUT2D eigenvalue weighted by atomic mass is 10.0. The molecule has 0 aliphatic carbocycles. The van der Waals surface area contributed by atoms with E-state index in [0.29, 0.717) is 6.04 Å². The Morgan fingerprint density at radius 3 is 2.68 bits per heavy atom. The molecule has 0 aromatic carbocycles. The highest BCUT2D eigenvalue weighted by Gasteiger charge is 2.30. The van der Waals surface area contributed by atoms with Crippen molar-refractivity contribution in [2.45, 2.75) is 78.0 Å². The van der Waals surface area contributed by atoms with E-state index in [1.54, 1.807) is 0 Å². The molecule has 1 saturated heterocycles. The van der Waals surface area contributed by atoms with Crippen LogP contribution in [0.1, 0.15) is 60.3 Å². The van der Waals surface area contributed by atoms with E-state index in [1.165, 1.54) is 6.42 Å². The average Bonchev–Trinajstić information content (AvgIpc) is 2.34. The molecule has 1 aliphatic rings. The maximum absolute atomic E-state index is 12.2. The van der Waals surface area contributed by atoms with Crippen molar-refractivity contribution in [2.24, 2.45) is 0 Å². The number of amides is 1. The fourth-order valence-corrected chi connectivity index (χ4v) is 2.26. The Morgan fingerprint density at radius 1 is 1.42 bits per heavy atom. The minimum atomic E-state index is -0.413. The van der Waals surface area contributed by atoms with Crippen LogP contribution in [0.2, 0.25) is 0 Å². The van der Waals surface area contributed by atoms with Crippen molar-refractivity contribution in [1.82, 2.24) is 10.2 Å². The van der Waals surface area contributed by atoms with E-state index in [2.05, 4.69) is 19.2 Å². The van der Waals surface area contributed by atoms with Gasteiger partial charge in [-0.1, -0.05) is 6.92 Å². The molecule has 0 saturated carbocycles. The van der Waals surface area contributed by atoms with Gasteiger partial charge in [0.2, 0.25) is 0 Å². The van der Waals surface area contributed by atoms with Crippen molar-refractivity contribution in [3.05, 3.63) is 0 Å². The second kappa shape index (κ2) is 7.13. The van der Waals surface area contributed by atoms with Gasteiger partial charge in [-0.3, -0.25) is 0 Å². The Bertz CT molecular complexity index is 286. The minimum Gasteiger partial charge on any atom is -0.444 e.